The highest BCUT2D eigenvalue weighted by Crippen LogP contribution is 2.37. The molecule has 3 atom stereocenters. The van der Waals surface area contributed by atoms with Gasteiger partial charge in [0.1, 0.15) is 0 Å². The molecule has 2 heterocycles. The Morgan fingerprint density at radius 1 is 1.39 bits per heavy atom. The second kappa shape index (κ2) is 5.19. The second-order valence-corrected chi connectivity index (χ2v) is 6.09. The number of likely N-dealkylation sites (tertiary alicyclic amines) is 1. The molecule has 1 saturated heterocycles. The zero-order valence-corrected chi connectivity index (χ0v) is 12.1. The van der Waals surface area contributed by atoms with Gasteiger partial charge in [-0.25, -0.2) is 0 Å². The number of nitrogens with two attached hydrogens (primary N) is 1. The summed E-state index contributed by atoms with van der Waals surface area (Å²) < 4.78 is 0. The molecule has 100 valence electrons. The van der Waals surface area contributed by atoms with E-state index in [1.165, 1.54) is 6.42 Å². The van der Waals surface area contributed by atoms with Crippen molar-refractivity contribution in [3.8, 4) is 0 Å². The fourth-order valence-corrected chi connectivity index (χ4v) is 4.05. The third-order valence-electron chi connectivity index (χ3n) is 4.29. The molecule has 3 unspecified atom stereocenters. The van der Waals surface area contributed by atoms with Gasteiger partial charge in [-0.3, -0.25) is 4.79 Å². The molecular weight excluding hydrogens is 268 g/mol. The molecule has 18 heavy (non-hydrogen) atoms. The molecule has 1 saturated carbocycles. The average molecular weight is 287 g/mol. The zero-order chi connectivity index (χ0) is 12.0. The fourth-order valence-electron chi connectivity index (χ4n) is 3.22. The van der Waals surface area contributed by atoms with Crippen molar-refractivity contribution in [2.75, 3.05) is 13.1 Å². The predicted molar refractivity (Wildman–Crippen MR) is 76.4 cm³/mol. The Hall–Kier alpha value is -0.580. The SMILES string of the molecule is Cc1cscc1C(=O)N1CC2CCC(N)C2C1.Cl. The molecule has 3 nitrogen and oxygen atoms in total. The molecule has 2 aliphatic rings. The van der Waals surface area contributed by atoms with Crippen LogP contribution in [0.1, 0.15) is 28.8 Å². The van der Waals surface area contributed by atoms with E-state index < -0.39 is 0 Å². The number of fused-ring (bicyclic) bond motifs is 1. The van der Waals surface area contributed by atoms with Crippen LogP contribution in [0.5, 0.6) is 0 Å². The Labute approximate surface area is 118 Å². The van der Waals surface area contributed by atoms with Gasteiger partial charge < -0.3 is 10.6 Å². The molecule has 3 rings (SSSR count). The lowest BCUT2D eigenvalue weighted by Gasteiger charge is -2.18. The highest BCUT2D eigenvalue weighted by atomic mass is 35.5. The van der Waals surface area contributed by atoms with Crippen LogP contribution in [0, 0.1) is 18.8 Å². The van der Waals surface area contributed by atoms with Gasteiger partial charge in [0.2, 0.25) is 0 Å². The van der Waals surface area contributed by atoms with E-state index >= 15 is 0 Å². The standard InChI is InChI=1S/C13H18N2OS.ClH/c1-8-6-17-7-11(8)13(16)15-4-9-2-3-12(14)10(9)5-15;/h6-7,9-10,12H,2-5,14H2,1H3;1H. The van der Waals surface area contributed by atoms with E-state index in [0.29, 0.717) is 17.9 Å². The number of nitrogens with zero attached hydrogens (tertiary/aromatic N) is 1. The minimum atomic E-state index is 0. The third kappa shape index (κ3) is 2.17. The molecule has 0 radical (unpaired) electrons. The summed E-state index contributed by atoms with van der Waals surface area (Å²) in [6.07, 6.45) is 2.33. The number of carbonyl (C=O) groups excluding carboxylic acids is 1. The number of aryl methyl sites for hydroxylation is 1. The van der Waals surface area contributed by atoms with Crippen LogP contribution in [0.3, 0.4) is 0 Å². The molecule has 2 N–H and O–H groups in total. The van der Waals surface area contributed by atoms with E-state index in [1.807, 2.05) is 22.6 Å². The summed E-state index contributed by atoms with van der Waals surface area (Å²) in [5, 5.41) is 4.00. The Morgan fingerprint density at radius 2 is 2.17 bits per heavy atom. The summed E-state index contributed by atoms with van der Waals surface area (Å²) in [5.74, 6) is 1.39. The van der Waals surface area contributed by atoms with E-state index in [1.54, 1.807) is 11.3 Å². The molecule has 1 aromatic heterocycles. The van der Waals surface area contributed by atoms with Crippen molar-refractivity contribution in [3.63, 3.8) is 0 Å². The van der Waals surface area contributed by atoms with E-state index in [4.69, 9.17) is 5.73 Å². The van der Waals surface area contributed by atoms with Gasteiger partial charge in [0.15, 0.2) is 0 Å². The minimum Gasteiger partial charge on any atom is -0.338 e. The topological polar surface area (TPSA) is 46.3 Å². The van der Waals surface area contributed by atoms with Crippen molar-refractivity contribution in [1.82, 2.24) is 4.90 Å². The maximum Gasteiger partial charge on any atom is 0.254 e. The van der Waals surface area contributed by atoms with E-state index in [-0.39, 0.29) is 18.3 Å². The molecule has 0 spiro atoms. The van der Waals surface area contributed by atoms with Gasteiger partial charge in [-0.05, 0) is 42.5 Å². The lowest BCUT2D eigenvalue weighted by Crippen LogP contribution is -2.33. The third-order valence-corrected chi connectivity index (χ3v) is 5.15. The van der Waals surface area contributed by atoms with Gasteiger partial charge in [0, 0.05) is 24.5 Å². The van der Waals surface area contributed by atoms with Gasteiger partial charge in [-0.1, -0.05) is 0 Å². The van der Waals surface area contributed by atoms with Crippen LogP contribution in [0.4, 0.5) is 0 Å². The van der Waals surface area contributed by atoms with Gasteiger partial charge in [0.25, 0.3) is 5.91 Å². The Bertz CT molecular complexity index is 448. The van der Waals surface area contributed by atoms with Crippen molar-refractivity contribution in [2.45, 2.75) is 25.8 Å². The zero-order valence-electron chi connectivity index (χ0n) is 10.5. The molecule has 0 bridgehead atoms. The molecule has 1 aliphatic heterocycles. The Balaban J connectivity index is 0.00000120. The van der Waals surface area contributed by atoms with Crippen molar-refractivity contribution < 1.29 is 4.79 Å². The molecule has 2 fully saturated rings. The van der Waals surface area contributed by atoms with Crippen LogP contribution in [0.15, 0.2) is 10.8 Å². The van der Waals surface area contributed by atoms with Crippen LogP contribution < -0.4 is 5.73 Å². The summed E-state index contributed by atoms with van der Waals surface area (Å²) >= 11 is 1.60. The maximum absolute atomic E-state index is 12.4. The quantitative estimate of drug-likeness (QED) is 0.861. The number of hydrogen-bond donors (Lipinski definition) is 1. The van der Waals surface area contributed by atoms with Crippen molar-refractivity contribution >= 4 is 29.7 Å². The molecule has 1 amide bonds. The van der Waals surface area contributed by atoms with Crippen LogP contribution in [0.25, 0.3) is 0 Å². The molecule has 1 aromatic rings. The number of carbonyl (C=O) groups is 1. The first-order valence-electron chi connectivity index (χ1n) is 6.24. The van der Waals surface area contributed by atoms with Gasteiger partial charge in [-0.15, -0.1) is 12.4 Å². The predicted octanol–water partition coefficient (Wildman–Crippen LogP) is 2.29. The number of halogens is 1. The Morgan fingerprint density at radius 3 is 2.78 bits per heavy atom. The normalized spacial score (nSPS) is 30.1. The van der Waals surface area contributed by atoms with Crippen LogP contribution in [-0.2, 0) is 0 Å². The van der Waals surface area contributed by atoms with Crippen LogP contribution in [-0.4, -0.2) is 29.9 Å². The maximum atomic E-state index is 12.4. The first kappa shape index (κ1) is 13.8. The summed E-state index contributed by atoms with van der Waals surface area (Å²) in [6, 6.07) is 0.307. The van der Waals surface area contributed by atoms with E-state index in [2.05, 4.69) is 0 Å². The highest BCUT2D eigenvalue weighted by molar-refractivity contribution is 7.08. The van der Waals surface area contributed by atoms with Gasteiger partial charge in [-0.2, -0.15) is 11.3 Å². The number of amides is 1. The van der Waals surface area contributed by atoms with Gasteiger partial charge in [0.05, 0.1) is 5.56 Å². The highest BCUT2D eigenvalue weighted by Gasteiger charge is 2.42. The monoisotopic (exact) mass is 286 g/mol. The van der Waals surface area contributed by atoms with Crippen molar-refractivity contribution in [3.05, 3.63) is 21.9 Å². The lowest BCUT2D eigenvalue weighted by atomic mass is 9.98. The van der Waals surface area contributed by atoms with E-state index in [0.717, 1.165) is 30.6 Å². The van der Waals surface area contributed by atoms with Gasteiger partial charge >= 0.3 is 0 Å². The minimum absolute atomic E-state index is 0. The first-order chi connectivity index (χ1) is 8.16. The molecule has 5 heteroatoms. The summed E-state index contributed by atoms with van der Waals surface area (Å²) in [7, 11) is 0. The van der Waals surface area contributed by atoms with Crippen molar-refractivity contribution in [1.29, 1.82) is 0 Å². The first-order valence-corrected chi connectivity index (χ1v) is 7.18. The second-order valence-electron chi connectivity index (χ2n) is 5.34. The summed E-state index contributed by atoms with van der Waals surface area (Å²) in [6.45, 7) is 3.78. The number of thiophene rings is 1. The smallest absolute Gasteiger partial charge is 0.254 e. The number of rotatable bonds is 1. The Kier molecular flexibility index (Phi) is 3.99. The molecular formula is C13H19ClN2OS. The largest absolute Gasteiger partial charge is 0.338 e. The summed E-state index contributed by atoms with van der Waals surface area (Å²) in [5.41, 5.74) is 8.07. The average Bonchev–Trinajstić information content (AvgIpc) is 2.96. The number of hydrogen-bond acceptors (Lipinski definition) is 3. The lowest BCUT2D eigenvalue weighted by molar-refractivity contribution is 0.0779. The van der Waals surface area contributed by atoms with E-state index in [9.17, 15) is 4.79 Å². The molecule has 1 aliphatic carbocycles. The van der Waals surface area contributed by atoms with Crippen molar-refractivity contribution in [2.24, 2.45) is 17.6 Å². The van der Waals surface area contributed by atoms with Crippen LogP contribution in [0.2, 0.25) is 0 Å². The van der Waals surface area contributed by atoms with Crippen LogP contribution >= 0.6 is 23.7 Å². The molecule has 0 aromatic carbocycles. The summed E-state index contributed by atoms with van der Waals surface area (Å²) in [4.78, 5) is 14.4. The fraction of sp³-hybridized carbons (Fsp3) is 0.615.